The average molecular weight is 461 g/mol. The summed E-state index contributed by atoms with van der Waals surface area (Å²) in [6, 6.07) is 11.9. The number of ether oxygens (including phenoxy) is 1. The number of nitrogens with one attached hydrogen (secondary N) is 1. The first-order chi connectivity index (χ1) is 16.2. The average Bonchev–Trinajstić information content (AvgIpc) is 3.47. The van der Waals surface area contributed by atoms with Gasteiger partial charge >= 0.3 is 5.97 Å². The smallest absolute Gasteiger partial charge is 0.354 e. The highest BCUT2D eigenvalue weighted by Gasteiger charge is 2.33. The molecule has 0 aliphatic heterocycles. The summed E-state index contributed by atoms with van der Waals surface area (Å²) in [4.78, 5) is 11.8. The Balaban J connectivity index is 1.97. The number of methoxy groups -OCH3 is 1. The van der Waals surface area contributed by atoms with Crippen molar-refractivity contribution >= 4 is 27.8 Å². The summed E-state index contributed by atoms with van der Waals surface area (Å²) >= 11 is 0. The van der Waals surface area contributed by atoms with Gasteiger partial charge in [0.1, 0.15) is 11.5 Å². The number of H-pyrrole nitrogens is 1. The lowest BCUT2D eigenvalue weighted by molar-refractivity contribution is 0.0685. The number of benzene rings is 2. The monoisotopic (exact) mass is 461 g/mol. The molecule has 3 aromatic heterocycles. The summed E-state index contributed by atoms with van der Waals surface area (Å²) < 4.78 is 22.8. The number of fused-ring (bicyclic) bond motifs is 2. The molecule has 0 amide bonds. The Kier molecular flexibility index (Phi) is 5.02. The number of aromatic amines is 1. The molecule has 8 nitrogen and oxygen atoms in total. The van der Waals surface area contributed by atoms with Crippen LogP contribution < -0.4 is 0 Å². The first kappa shape index (κ1) is 21.8. The molecule has 0 fully saturated rings. The number of hydrogen-bond donors (Lipinski definition) is 2. The molecule has 34 heavy (non-hydrogen) atoms. The Bertz CT molecular complexity index is 1540. The summed E-state index contributed by atoms with van der Waals surface area (Å²) in [6.45, 7) is 4.51. The summed E-state index contributed by atoms with van der Waals surface area (Å²) in [5, 5.41) is 23.2. The molecule has 2 aromatic carbocycles. The van der Waals surface area contributed by atoms with Crippen molar-refractivity contribution in [3.8, 4) is 16.9 Å². The normalized spacial score (nSPS) is 12.1. The second-order valence-electron chi connectivity index (χ2n) is 9.02. The predicted octanol–water partition coefficient (Wildman–Crippen LogP) is 4.67. The van der Waals surface area contributed by atoms with Crippen molar-refractivity contribution in [3.05, 3.63) is 65.9 Å². The van der Waals surface area contributed by atoms with Gasteiger partial charge in [-0.1, -0.05) is 13.8 Å². The number of rotatable bonds is 6. The molecule has 0 unspecified atom stereocenters. The topological polar surface area (TPSA) is 98.0 Å². The summed E-state index contributed by atoms with van der Waals surface area (Å²) in [5.74, 6) is -1.39. The van der Waals surface area contributed by atoms with Crippen molar-refractivity contribution in [1.29, 1.82) is 0 Å². The Morgan fingerprint density at radius 2 is 1.94 bits per heavy atom. The van der Waals surface area contributed by atoms with Crippen molar-refractivity contribution in [2.45, 2.75) is 19.3 Å². The zero-order valence-electron chi connectivity index (χ0n) is 19.3. The number of carboxylic acids is 1. The van der Waals surface area contributed by atoms with Crippen LogP contribution in [0.5, 0.6) is 0 Å². The highest BCUT2D eigenvalue weighted by molar-refractivity contribution is 6.05. The van der Waals surface area contributed by atoms with Gasteiger partial charge in [0.25, 0.3) is 0 Å². The summed E-state index contributed by atoms with van der Waals surface area (Å²) in [7, 11) is 3.25. The molecule has 174 valence electrons. The summed E-state index contributed by atoms with van der Waals surface area (Å²) in [6.07, 6.45) is 1.75. The molecule has 0 aliphatic carbocycles. The molecule has 0 saturated carbocycles. The first-order valence-corrected chi connectivity index (χ1v) is 10.8. The van der Waals surface area contributed by atoms with Crippen LogP contribution in [0, 0.1) is 5.82 Å². The molecular formula is C25H24FN5O3. The fourth-order valence-electron chi connectivity index (χ4n) is 4.70. The minimum Gasteiger partial charge on any atom is -0.477 e. The molecule has 3 heterocycles. The maximum Gasteiger partial charge on any atom is 0.354 e. The van der Waals surface area contributed by atoms with Gasteiger partial charge in [0, 0.05) is 47.3 Å². The Morgan fingerprint density at radius 3 is 2.59 bits per heavy atom. The van der Waals surface area contributed by atoms with Crippen molar-refractivity contribution in [2.24, 2.45) is 7.05 Å². The number of halogens is 1. The van der Waals surface area contributed by atoms with Crippen molar-refractivity contribution < 1.29 is 19.0 Å². The van der Waals surface area contributed by atoms with Gasteiger partial charge in [-0.05, 0) is 42.5 Å². The van der Waals surface area contributed by atoms with E-state index in [0.717, 1.165) is 38.8 Å². The van der Waals surface area contributed by atoms with Crippen LogP contribution in [0.15, 0.2) is 48.7 Å². The van der Waals surface area contributed by atoms with Gasteiger partial charge in [-0.2, -0.15) is 10.2 Å². The largest absolute Gasteiger partial charge is 0.477 e. The first-order valence-electron chi connectivity index (χ1n) is 10.8. The van der Waals surface area contributed by atoms with Gasteiger partial charge in [-0.15, -0.1) is 0 Å². The number of aromatic nitrogens is 5. The number of aryl methyl sites for hydroxylation is 1. The summed E-state index contributed by atoms with van der Waals surface area (Å²) in [5.41, 5.74) is 4.26. The van der Waals surface area contributed by atoms with Crippen LogP contribution in [0.25, 0.3) is 38.8 Å². The van der Waals surface area contributed by atoms with Crippen LogP contribution >= 0.6 is 0 Å². The molecule has 5 rings (SSSR count). The minimum absolute atomic E-state index is 0.0794. The molecule has 5 aromatic rings. The number of nitrogens with zero attached hydrogens (tertiary/aromatic N) is 4. The lowest BCUT2D eigenvalue weighted by Crippen LogP contribution is -2.27. The molecule has 2 N–H and O–H groups in total. The quantitative estimate of drug-likeness (QED) is 0.383. The van der Waals surface area contributed by atoms with E-state index in [0.29, 0.717) is 12.3 Å². The van der Waals surface area contributed by atoms with Gasteiger partial charge in [-0.3, -0.25) is 9.78 Å². The van der Waals surface area contributed by atoms with Crippen molar-refractivity contribution in [3.63, 3.8) is 0 Å². The van der Waals surface area contributed by atoms with E-state index in [9.17, 15) is 14.3 Å². The van der Waals surface area contributed by atoms with Gasteiger partial charge in [0.2, 0.25) is 0 Å². The molecule has 0 atom stereocenters. The molecule has 0 aliphatic rings. The van der Waals surface area contributed by atoms with Crippen LogP contribution in [0.2, 0.25) is 0 Å². The Hall–Kier alpha value is -3.98. The van der Waals surface area contributed by atoms with E-state index >= 15 is 0 Å². The predicted molar refractivity (Wildman–Crippen MR) is 127 cm³/mol. The number of carbonyl (C=O) groups is 1. The molecular weight excluding hydrogens is 437 g/mol. The second-order valence-corrected chi connectivity index (χ2v) is 9.02. The van der Waals surface area contributed by atoms with E-state index in [4.69, 9.17) is 4.74 Å². The van der Waals surface area contributed by atoms with E-state index in [1.54, 1.807) is 38.6 Å². The SMILES string of the molecule is COCC(C)(C)c1c(-c2cc(C(=O)O)n(C)n2)c2cc3[nH]ncc3cc2n1-c1ccc(F)cc1. The van der Waals surface area contributed by atoms with Crippen LogP contribution in [-0.2, 0) is 17.2 Å². The third-order valence-electron chi connectivity index (χ3n) is 6.11. The third-order valence-corrected chi connectivity index (χ3v) is 6.11. The fraction of sp³-hybridized carbons (Fsp3) is 0.240. The number of hydrogen-bond acceptors (Lipinski definition) is 4. The molecule has 9 heteroatoms. The molecule has 0 spiro atoms. The Labute approximate surface area is 194 Å². The van der Waals surface area contributed by atoms with Gasteiger partial charge in [0.05, 0.1) is 29.5 Å². The third kappa shape index (κ3) is 3.36. The van der Waals surface area contributed by atoms with Gasteiger partial charge in [-0.25, -0.2) is 9.18 Å². The van der Waals surface area contributed by atoms with Crippen LogP contribution in [-0.4, -0.2) is 49.3 Å². The Morgan fingerprint density at radius 1 is 1.21 bits per heavy atom. The standard InChI is InChI=1S/C25H24FN5O3/c1-25(2,13-34-4)23-22(19-11-21(24(32)33)30(3)29-19)17-10-18-14(12-27-28-18)9-20(17)31(23)16-7-5-15(26)6-8-16/h5-12H,13H2,1-4H3,(H,27,28)(H,32,33). The van der Waals surface area contributed by atoms with E-state index in [2.05, 4.69) is 33.7 Å². The van der Waals surface area contributed by atoms with Crippen molar-refractivity contribution in [2.75, 3.05) is 13.7 Å². The second kappa shape index (κ2) is 7.81. The number of aromatic carboxylic acids is 1. The fourth-order valence-corrected chi connectivity index (χ4v) is 4.70. The van der Waals surface area contributed by atoms with E-state index < -0.39 is 11.4 Å². The zero-order chi connectivity index (χ0) is 24.2. The van der Waals surface area contributed by atoms with Crippen LogP contribution in [0.3, 0.4) is 0 Å². The van der Waals surface area contributed by atoms with Crippen LogP contribution in [0.1, 0.15) is 30.0 Å². The highest BCUT2D eigenvalue weighted by atomic mass is 19.1. The van der Waals surface area contributed by atoms with E-state index in [-0.39, 0.29) is 11.5 Å². The molecule has 0 saturated heterocycles. The highest BCUT2D eigenvalue weighted by Crippen LogP contribution is 2.43. The minimum atomic E-state index is -1.06. The zero-order valence-corrected chi connectivity index (χ0v) is 19.3. The van der Waals surface area contributed by atoms with E-state index in [1.165, 1.54) is 16.8 Å². The molecule has 0 radical (unpaired) electrons. The molecule has 0 bridgehead atoms. The van der Waals surface area contributed by atoms with Crippen molar-refractivity contribution in [1.82, 2.24) is 24.5 Å². The number of carboxylic acid groups (broad SMARTS) is 1. The van der Waals surface area contributed by atoms with E-state index in [1.807, 2.05) is 12.1 Å². The lowest BCUT2D eigenvalue weighted by atomic mass is 9.86. The maximum absolute atomic E-state index is 13.8. The van der Waals surface area contributed by atoms with Gasteiger partial charge in [0.15, 0.2) is 0 Å². The maximum atomic E-state index is 13.8. The van der Waals surface area contributed by atoms with Gasteiger partial charge < -0.3 is 14.4 Å². The van der Waals surface area contributed by atoms with Crippen LogP contribution in [0.4, 0.5) is 4.39 Å². The lowest BCUT2D eigenvalue weighted by Gasteiger charge is -2.28.